The van der Waals surface area contributed by atoms with Gasteiger partial charge in [0.25, 0.3) is 0 Å². The van der Waals surface area contributed by atoms with E-state index in [1.165, 1.54) is 7.11 Å². The van der Waals surface area contributed by atoms with E-state index in [9.17, 15) is 4.79 Å². The van der Waals surface area contributed by atoms with E-state index in [1.807, 2.05) is 54.6 Å². The van der Waals surface area contributed by atoms with Crippen molar-refractivity contribution < 1.29 is 14.3 Å². The zero-order chi connectivity index (χ0) is 19.1. The highest BCUT2D eigenvalue weighted by Crippen LogP contribution is 2.27. The van der Waals surface area contributed by atoms with Crippen LogP contribution < -0.4 is 20.1 Å². The van der Waals surface area contributed by atoms with Gasteiger partial charge in [-0.25, -0.2) is 0 Å². The summed E-state index contributed by atoms with van der Waals surface area (Å²) in [6.07, 6.45) is 0. The van der Waals surface area contributed by atoms with E-state index in [0.717, 1.165) is 17.2 Å². The summed E-state index contributed by atoms with van der Waals surface area (Å²) in [4.78, 5) is 12.2. The summed E-state index contributed by atoms with van der Waals surface area (Å²) < 4.78 is 11.0. The number of para-hydroxylation sites is 1. The second kappa shape index (κ2) is 8.96. The normalized spacial score (nSPS) is 10.1. The Morgan fingerprint density at radius 3 is 2.37 bits per heavy atom. The fraction of sp³-hybridized carbons (Fsp3) is 0.0952. The molecule has 0 aliphatic rings. The van der Waals surface area contributed by atoms with Crippen molar-refractivity contribution in [3.8, 4) is 17.2 Å². The molecule has 0 atom stereocenters. The Labute approximate surface area is 162 Å². The first kappa shape index (κ1) is 18.6. The Morgan fingerprint density at radius 2 is 1.67 bits per heavy atom. The van der Waals surface area contributed by atoms with Crippen LogP contribution in [-0.2, 0) is 4.79 Å². The van der Waals surface area contributed by atoms with Crippen LogP contribution in [0.1, 0.15) is 0 Å². The van der Waals surface area contributed by atoms with Gasteiger partial charge in [-0.3, -0.25) is 4.79 Å². The van der Waals surface area contributed by atoms with Gasteiger partial charge in [-0.15, -0.1) is 0 Å². The standard InChI is InChI=1S/C21H19ClN2O3/c1-26-20-12-7-15(22)13-19(20)24-21(25)14-23-16-8-10-18(11-9-16)27-17-5-3-2-4-6-17/h2-13,23H,14H2,1H3,(H,24,25). The lowest BCUT2D eigenvalue weighted by molar-refractivity contribution is -0.114. The van der Waals surface area contributed by atoms with Gasteiger partial charge in [0.15, 0.2) is 0 Å². The van der Waals surface area contributed by atoms with Crippen LogP contribution in [0.2, 0.25) is 5.02 Å². The number of halogens is 1. The summed E-state index contributed by atoms with van der Waals surface area (Å²) in [7, 11) is 1.54. The third-order valence-electron chi connectivity index (χ3n) is 3.72. The van der Waals surface area contributed by atoms with Gasteiger partial charge >= 0.3 is 0 Å². The molecule has 3 aromatic rings. The molecule has 27 heavy (non-hydrogen) atoms. The number of nitrogens with one attached hydrogen (secondary N) is 2. The molecule has 2 N–H and O–H groups in total. The summed E-state index contributed by atoms with van der Waals surface area (Å²) in [5, 5.41) is 6.37. The molecule has 0 aliphatic carbocycles. The van der Waals surface area contributed by atoms with Crippen LogP contribution in [0.4, 0.5) is 11.4 Å². The van der Waals surface area contributed by atoms with E-state index in [1.54, 1.807) is 18.2 Å². The predicted octanol–water partition coefficient (Wildman–Crippen LogP) is 5.19. The number of amides is 1. The van der Waals surface area contributed by atoms with E-state index in [2.05, 4.69) is 10.6 Å². The Balaban J connectivity index is 1.54. The Morgan fingerprint density at radius 1 is 0.963 bits per heavy atom. The molecule has 0 radical (unpaired) electrons. The van der Waals surface area contributed by atoms with E-state index < -0.39 is 0 Å². The average Bonchev–Trinajstić information content (AvgIpc) is 2.68. The molecule has 0 aliphatic heterocycles. The van der Waals surface area contributed by atoms with Gasteiger partial charge in [-0.1, -0.05) is 29.8 Å². The smallest absolute Gasteiger partial charge is 0.243 e. The predicted molar refractivity (Wildman–Crippen MR) is 108 cm³/mol. The van der Waals surface area contributed by atoms with Crippen LogP contribution in [-0.4, -0.2) is 19.6 Å². The molecule has 1 amide bonds. The molecular formula is C21H19ClN2O3. The lowest BCUT2D eigenvalue weighted by Crippen LogP contribution is -2.22. The van der Waals surface area contributed by atoms with Crippen molar-refractivity contribution in [3.63, 3.8) is 0 Å². The maximum absolute atomic E-state index is 12.2. The number of hydrogen-bond acceptors (Lipinski definition) is 4. The number of anilines is 2. The lowest BCUT2D eigenvalue weighted by atomic mass is 10.2. The minimum atomic E-state index is -0.208. The minimum Gasteiger partial charge on any atom is -0.495 e. The summed E-state index contributed by atoms with van der Waals surface area (Å²) in [5.41, 5.74) is 1.34. The van der Waals surface area contributed by atoms with Gasteiger partial charge in [-0.2, -0.15) is 0 Å². The van der Waals surface area contributed by atoms with Crippen molar-refractivity contribution in [3.05, 3.63) is 77.8 Å². The number of carbonyl (C=O) groups is 1. The van der Waals surface area contributed by atoms with Gasteiger partial charge < -0.3 is 20.1 Å². The average molecular weight is 383 g/mol. The molecule has 0 aromatic heterocycles. The molecule has 5 nitrogen and oxygen atoms in total. The van der Waals surface area contributed by atoms with E-state index >= 15 is 0 Å². The summed E-state index contributed by atoms with van der Waals surface area (Å²) >= 11 is 5.97. The van der Waals surface area contributed by atoms with Gasteiger partial charge in [0.2, 0.25) is 5.91 Å². The highest BCUT2D eigenvalue weighted by Gasteiger charge is 2.08. The number of benzene rings is 3. The topological polar surface area (TPSA) is 59.6 Å². The Hall–Kier alpha value is -3.18. The van der Waals surface area contributed by atoms with Crippen LogP contribution in [0.15, 0.2) is 72.8 Å². The van der Waals surface area contributed by atoms with Crippen molar-refractivity contribution >= 4 is 28.9 Å². The number of rotatable bonds is 7. The molecule has 0 fully saturated rings. The quantitative estimate of drug-likeness (QED) is 0.590. The first-order chi connectivity index (χ1) is 13.1. The SMILES string of the molecule is COc1ccc(Cl)cc1NC(=O)CNc1ccc(Oc2ccccc2)cc1. The fourth-order valence-electron chi connectivity index (χ4n) is 2.42. The van der Waals surface area contributed by atoms with Crippen molar-refractivity contribution in [2.45, 2.75) is 0 Å². The van der Waals surface area contributed by atoms with E-state index in [4.69, 9.17) is 21.1 Å². The van der Waals surface area contributed by atoms with Crippen LogP contribution in [0.3, 0.4) is 0 Å². The van der Waals surface area contributed by atoms with Crippen LogP contribution in [0, 0.1) is 0 Å². The highest BCUT2D eigenvalue weighted by atomic mass is 35.5. The molecule has 3 rings (SSSR count). The van der Waals surface area contributed by atoms with Crippen LogP contribution in [0.5, 0.6) is 17.2 Å². The summed E-state index contributed by atoms with van der Waals surface area (Å²) in [5.74, 6) is 1.84. The van der Waals surface area contributed by atoms with Gasteiger partial charge in [0, 0.05) is 10.7 Å². The van der Waals surface area contributed by atoms with Crippen molar-refractivity contribution in [1.82, 2.24) is 0 Å². The molecule has 0 saturated carbocycles. The molecule has 138 valence electrons. The first-order valence-corrected chi connectivity index (χ1v) is 8.72. The largest absolute Gasteiger partial charge is 0.495 e. The molecule has 0 spiro atoms. The van der Waals surface area contributed by atoms with Gasteiger partial charge in [0.05, 0.1) is 19.3 Å². The number of ether oxygens (including phenoxy) is 2. The highest BCUT2D eigenvalue weighted by molar-refractivity contribution is 6.31. The zero-order valence-electron chi connectivity index (χ0n) is 14.7. The lowest BCUT2D eigenvalue weighted by Gasteiger charge is -2.12. The molecule has 0 saturated heterocycles. The second-order valence-corrected chi connectivity index (χ2v) is 6.12. The van der Waals surface area contributed by atoms with Crippen LogP contribution in [0.25, 0.3) is 0 Å². The number of methoxy groups -OCH3 is 1. The van der Waals surface area contributed by atoms with E-state index in [0.29, 0.717) is 16.5 Å². The monoisotopic (exact) mass is 382 g/mol. The first-order valence-electron chi connectivity index (χ1n) is 8.34. The van der Waals surface area contributed by atoms with Crippen molar-refractivity contribution in [2.75, 3.05) is 24.3 Å². The molecule has 6 heteroatoms. The number of hydrogen-bond donors (Lipinski definition) is 2. The van der Waals surface area contributed by atoms with Crippen molar-refractivity contribution in [1.29, 1.82) is 0 Å². The molecule has 3 aromatic carbocycles. The zero-order valence-corrected chi connectivity index (χ0v) is 15.5. The third kappa shape index (κ3) is 5.39. The van der Waals surface area contributed by atoms with Gasteiger partial charge in [-0.05, 0) is 54.6 Å². The third-order valence-corrected chi connectivity index (χ3v) is 3.96. The van der Waals surface area contributed by atoms with E-state index in [-0.39, 0.29) is 12.5 Å². The Kier molecular flexibility index (Phi) is 6.18. The maximum atomic E-state index is 12.2. The van der Waals surface area contributed by atoms with Crippen molar-refractivity contribution in [2.24, 2.45) is 0 Å². The maximum Gasteiger partial charge on any atom is 0.243 e. The molecule has 0 heterocycles. The summed E-state index contributed by atoms with van der Waals surface area (Å²) in [6.45, 7) is 0.106. The molecular weight excluding hydrogens is 364 g/mol. The molecule has 0 bridgehead atoms. The van der Waals surface area contributed by atoms with Gasteiger partial charge in [0.1, 0.15) is 17.2 Å². The fourth-order valence-corrected chi connectivity index (χ4v) is 2.59. The summed E-state index contributed by atoms with van der Waals surface area (Å²) in [6, 6.07) is 22.0. The Bertz CT molecular complexity index is 899. The van der Waals surface area contributed by atoms with Crippen LogP contribution >= 0.6 is 11.6 Å². The molecule has 0 unspecified atom stereocenters. The second-order valence-electron chi connectivity index (χ2n) is 5.69. The minimum absolute atomic E-state index is 0.106. The number of carbonyl (C=O) groups excluding carboxylic acids is 1.